The highest BCUT2D eigenvalue weighted by molar-refractivity contribution is 5.53. The summed E-state index contributed by atoms with van der Waals surface area (Å²) in [6.45, 7) is 7.14. The van der Waals surface area contributed by atoms with E-state index in [0.717, 1.165) is 18.8 Å². The van der Waals surface area contributed by atoms with E-state index in [1.54, 1.807) is 19.1 Å². The van der Waals surface area contributed by atoms with E-state index in [2.05, 4.69) is 23.8 Å². The number of phenolic OH excluding ortho intramolecular Hbond substituents is 1. The molecule has 0 amide bonds. The van der Waals surface area contributed by atoms with Crippen molar-refractivity contribution in [1.82, 2.24) is 4.90 Å². The van der Waals surface area contributed by atoms with Gasteiger partial charge < -0.3 is 15.1 Å². The second-order valence-corrected chi connectivity index (χ2v) is 5.72. The van der Waals surface area contributed by atoms with Crippen LogP contribution in [0, 0.1) is 0 Å². The summed E-state index contributed by atoms with van der Waals surface area (Å²) in [6.07, 6.45) is 1.88. The van der Waals surface area contributed by atoms with Gasteiger partial charge in [-0.1, -0.05) is 13.0 Å². The molecule has 1 aliphatic heterocycles. The van der Waals surface area contributed by atoms with Crippen LogP contribution >= 0.6 is 0 Å². The maximum Gasteiger partial charge on any atom is 0.123 e. The van der Waals surface area contributed by atoms with Crippen molar-refractivity contribution in [2.45, 2.75) is 38.8 Å². The molecule has 0 radical (unpaired) electrons. The van der Waals surface area contributed by atoms with Crippen LogP contribution in [0.2, 0.25) is 0 Å². The van der Waals surface area contributed by atoms with Crippen LogP contribution in [-0.4, -0.2) is 47.8 Å². The van der Waals surface area contributed by atoms with Crippen LogP contribution in [0.4, 0.5) is 5.69 Å². The number of hydrogen-bond acceptors (Lipinski definition) is 4. The lowest BCUT2D eigenvalue weighted by Crippen LogP contribution is -2.38. The van der Waals surface area contributed by atoms with Gasteiger partial charge in [0.15, 0.2) is 0 Å². The largest absolute Gasteiger partial charge is 0.507 e. The minimum absolute atomic E-state index is 0.170. The molecule has 112 valence electrons. The first-order valence-corrected chi connectivity index (χ1v) is 7.49. The molecule has 20 heavy (non-hydrogen) atoms. The fourth-order valence-corrected chi connectivity index (χ4v) is 3.06. The van der Waals surface area contributed by atoms with Crippen molar-refractivity contribution in [3.05, 3.63) is 23.8 Å². The fraction of sp³-hybridized carbons (Fsp3) is 0.625. The Labute approximate surface area is 121 Å². The van der Waals surface area contributed by atoms with Crippen LogP contribution in [0.5, 0.6) is 5.75 Å². The highest BCUT2D eigenvalue weighted by atomic mass is 16.3. The minimum Gasteiger partial charge on any atom is -0.507 e. The first kappa shape index (κ1) is 15.1. The van der Waals surface area contributed by atoms with Crippen molar-refractivity contribution in [1.29, 1.82) is 0 Å². The second-order valence-electron chi connectivity index (χ2n) is 5.72. The first-order chi connectivity index (χ1) is 9.52. The lowest BCUT2D eigenvalue weighted by Gasteiger charge is -2.29. The number of nitrogens with zero attached hydrogens (tertiary/aromatic N) is 2. The zero-order valence-corrected chi connectivity index (χ0v) is 12.7. The number of rotatable bonds is 5. The Morgan fingerprint density at radius 2 is 2.20 bits per heavy atom. The van der Waals surface area contributed by atoms with Crippen molar-refractivity contribution >= 4 is 5.69 Å². The highest BCUT2D eigenvalue weighted by Crippen LogP contribution is 2.29. The number of anilines is 1. The van der Waals surface area contributed by atoms with Gasteiger partial charge in [-0.15, -0.1) is 0 Å². The van der Waals surface area contributed by atoms with Gasteiger partial charge in [0.05, 0.1) is 6.10 Å². The van der Waals surface area contributed by atoms with Gasteiger partial charge in [-0.05, 0) is 38.9 Å². The molecule has 2 unspecified atom stereocenters. The average molecular weight is 278 g/mol. The van der Waals surface area contributed by atoms with E-state index in [4.69, 9.17) is 0 Å². The number of aromatic hydroxyl groups is 1. The van der Waals surface area contributed by atoms with Gasteiger partial charge in [-0.25, -0.2) is 0 Å². The molecule has 0 aromatic heterocycles. The molecule has 1 aromatic carbocycles. The molecule has 1 heterocycles. The Morgan fingerprint density at radius 1 is 1.45 bits per heavy atom. The Bertz CT molecular complexity index is 448. The van der Waals surface area contributed by atoms with Crippen LogP contribution in [0.25, 0.3) is 0 Å². The number of benzene rings is 1. The van der Waals surface area contributed by atoms with Gasteiger partial charge in [0.1, 0.15) is 5.75 Å². The summed E-state index contributed by atoms with van der Waals surface area (Å²) in [7, 11) is 2.06. The number of likely N-dealkylation sites (N-methyl/N-ethyl adjacent to an activating group) is 2. The van der Waals surface area contributed by atoms with E-state index in [-0.39, 0.29) is 5.75 Å². The van der Waals surface area contributed by atoms with Gasteiger partial charge in [-0.3, -0.25) is 4.90 Å². The summed E-state index contributed by atoms with van der Waals surface area (Å²) < 4.78 is 0. The van der Waals surface area contributed by atoms with Crippen molar-refractivity contribution < 1.29 is 10.2 Å². The summed E-state index contributed by atoms with van der Waals surface area (Å²) in [4.78, 5) is 4.70. The third kappa shape index (κ3) is 3.25. The number of aliphatic hydroxyl groups excluding tert-OH is 1. The Morgan fingerprint density at radius 3 is 2.80 bits per heavy atom. The molecule has 0 bridgehead atoms. The zero-order chi connectivity index (χ0) is 14.7. The monoisotopic (exact) mass is 278 g/mol. The number of hydrogen-bond donors (Lipinski definition) is 2. The maximum absolute atomic E-state index is 9.97. The standard InChI is InChI=1S/C16H26N2O2/c1-4-18-9-5-6-14(18)11-17(3)13-7-8-15(12(2)19)16(20)10-13/h7-8,10,12,14,19-20H,4-6,9,11H2,1-3H3. The molecule has 0 aliphatic carbocycles. The summed E-state index contributed by atoms with van der Waals surface area (Å²) in [6, 6.07) is 6.11. The van der Waals surface area contributed by atoms with Crippen LogP contribution in [0.3, 0.4) is 0 Å². The van der Waals surface area contributed by atoms with E-state index >= 15 is 0 Å². The second kappa shape index (κ2) is 6.46. The molecule has 2 atom stereocenters. The summed E-state index contributed by atoms with van der Waals surface area (Å²) in [5.74, 6) is 0.170. The van der Waals surface area contributed by atoms with Gasteiger partial charge >= 0.3 is 0 Å². The lowest BCUT2D eigenvalue weighted by atomic mass is 10.1. The van der Waals surface area contributed by atoms with E-state index in [9.17, 15) is 10.2 Å². The highest BCUT2D eigenvalue weighted by Gasteiger charge is 2.24. The minimum atomic E-state index is -0.639. The summed E-state index contributed by atoms with van der Waals surface area (Å²) >= 11 is 0. The van der Waals surface area contributed by atoms with E-state index < -0.39 is 6.10 Å². The van der Waals surface area contributed by atoms with Crippen molar-refractivity contribution in [2.24, 2.45) is 0 Å². The van der Waals surface area contributed by atoms with Crippen LogP contribution in [0.1, 0.15) is 38.4 Å². The molecule has 1 aromatic rings. The van der Waals surface area contributed by atoms with Crippen molar-refractivity contribution in [3.63, 3.8) is 0 Å². The normalized spacial score (nSPS) is 21.1. The predicted octanol–water partition coefficient (Wildman–Crippen LogP) is 2.37. The van der Waals surface area contributed by atoms with Gasteiger partial charge in [0, 0.05) is 37.0 Å². The molecule has 1 saturated heterocycles. The molecule has 1 fully saturated rings. The molecule has 0 spiro atoms. The molecule has 4 heteroatoms. The fourth-order valence-electron chi connectivity index (χ4n) is 3.06. The molecule has 2 N–H and O–H groups in total. The Balaban J connectivity index is 2.05. The first-order valence-electron chi connectivity index (χ1n) is 7.49. The smallest absolute Gasteiger partial charge is 0.123 e. The maximum atomic E-state index is 9.97. The number of aliphatic hydroxyl groups is 1. The van der Waals surface area contributed by atoms with Gasteiger partial charge in [0.25, 0.3) is 0 Å². The summed E-state index contributed by atoms with van der Waals surface area (Å²) in [5, 5.41) is 19.5. The van der Waals surface area contributed by atoms with Crippen molar-refractivity contribution in [3.8, 4) is 5.75 Å². The Kier molecular flexibility index (Phi) is 4.89. The number of phenols is 1. The van der Waals surface area contributed by atoms with E-state index in [0.29, 0.717) is 11.6 Å². The molecule has 4 nitrogen and oxygen atoms in total. The average Bonchev–Trinajstić information content (AvgIpc) is 2.85. The topological polar surface area (TPSA) is 46.9 Å². The SMILES string of the molecule is CCN1CCCC1CN(C)c1ccc(C(C)O)c(O)c1. The third-order valence-corrected chi connectivity index (χ3v) is 4.29. The molecule has 0 saturated carbocycles. The van der Waals surface area contributed by atoms with Crippen molar-refractivity contribution in [2.75, 3.05) is 31.6 Å². The molecular formula is C16H26N2O2. The molecule has 2 rings (SSSR count). The quantitative estimate of drug-likeness (QED) is 0.868. The number of likely N-dealkylation sites (tertiary alicyclic amines) is 1. The predicted molar refractivity (Wildman–Crippen MR) is 82.3 cm³/mol. The van der Waals surface area contributed by atoms with Crippen LogP contribution in [-0.2, 0) is 0 Å². The molecule has 1 aliphatic rings. The van der Waals surface area contributed by atoms with Gasteiger partial charge in [-0.2, -0.15) is 0 Å². The van der Waals surface area contributed by atoms with Gasteiger partial charge in [0.2, 0.25) is 0 Å². The lowest BCUT2D eigenvalue weighted by molar-refractivity contribution is 0.195. The molecular weight excluding hydrogens is 252 g/mol. The Hall–Kier alpha value is -1.26. The van der Waals surface area contributed by atoms with E-state index in [1.807, 2.05) is 6.07 Å². The summed E-state index contributed by atoms with van der Waals surface area (Å²) in [5.41, 5.74) is 1.58. The zero-order valence-electron chi connectivity index (χ0n) is 12.7. The van der Waals surface area contributed by atoms with Crippen LogP contribution in [0.15, 0.2) is 18.2 Å². The van der Waals surface area contributed by atoms with Crippen LogP contribution < -0.4 is 4.90 Å². The third-order valence-electron chi connectivity index (χ3n) is 4.29. The van der Waals surface area contributed by atoms with E-state index in [1.165, 1.54) is 19.4 Å².